The number of benzene rings is 1. The number of hydrogen-bond acceptors (Lipinski definition) is 6. The number of likely N-dealkylation sites (tertiary alicyclic amines) is 1. The summed E-state index contributed by atoms with van der Waals surface area (Å²) in [6, 6.07) is 9.45. The number of piperazine rings is 1. The second kappa shape index (κ2) is 9.47. The quantitative estimate of drug-likeness (QED) is 0.661. The maximum Gasteiger partial charge on any atom is 0.329 e. The lowest BCUT2D eigenvalue weighted by molar-refractivity contribution is -0.155. The van der Waals surface area contributed by atoms with Crippen LogP contribution in [0.3, 0.4) is 0 Å². The molecule has 2 aliphatic heterocycles. The number of halogens is 1. The van der Waals surface area contributed by atoms with Gasteiger partial charge >= 0.3 is 5.97 Å². The molecule has 0 unspecified atom stereocenters. The van der Waals surface area contributed by atoms with Crippen LogP contribution in [0.25, 0.3) is 0 Å². The van der Waals surface area contributed by atoms with Crippen molar-refractivity contribution in [3.63, 3.8) is 0 Å². The molecule has 0 aliphatic carbocycles. The van der Waals surface area contributed by atoms with E-state index in [0.29, 0.717) is 49.7 Å². The molecule has 0 N–H and O–H groups in total. The summed E-state index contributed by atoms with van der Waals surface area (Å²) in [5.74, 6) is -1.28. The molecular weight excluding hydrogens is 421 g/mol. The Labute approximate surface area is 184 Å². The summed E-state index contributed by atoms with van der Waals surface area (Å²) in [5.41, 5.74) is 0.526. The first-order valence-corrected chi connectivity index (χ1v) is 11.2. The SMILES string of the molecule is O=C(OCC(=O)N1CCN(c2ccccc2F)CC1)[C@@H]1CCCN1C(=O)c1cccs1. The topological polar surface area (TPSA) is 70.2 Å². The summed E-state index contributed by atoms with van der Waals surface area (Å²) < 4.78 is 19.2. The maximum atomic E-state index is 14.0. The van der Waals surface area contributed by atoms with Crippen LogP contribution in [0.1, 0.15) is 22.5 Å². The number of ether oxygens (including phenoxy) is 1. The molecule has 1 aromatic heterocycles. The number of carbonyl (C=O) groups excluding carboxylic acids is 3. The monoisotopic (exact) mass is 445 g/mol. The van der Waals surface area contributed by atoms with Crippen molar-refractivity contribution in [1.29, 1.82) is 0 Å². The van der Waals surface area contributed by atoms with E-state index in [-0.39, 0.29) is 24.2 Å². The number of hydrogen-bond donors (Lipinski definition) is 0. The van der Waals surface area contributed by atoms with Crippen LogP contribution in [-0.2, 0) is 14.3 Å². The van der Waals surface area contributed by atoms with Gasteiger partial charge in [-0.1, -0.05) is 18.2 Å². The maximum absolute atomic E-state index is 14.0. The predicted molar refractivity (Wildman–Crippen MR) is 115 cm³/mol. The fourth-order valence-corrected chi connectivity index (χ4v) is 4.70. The summed E-state index contributed by atoms with van der Waals surface area (Å²) >= 11 is 1.34. The lowest BCUT2D eigenvalue weighted by atomic mass is 10.2. The molecule has 0 saturated carbocycles. The first-order valence-electron chi connectivity index (χ1n) is 10.3. The Bertz CT molecular complexity index is 944. The van der Waals surface area contributed by atoms with E-state index < -0.39 is 12.0 Å². The average Bonchev–Trinajstić information content (AvgIpc) is 3.50. The Morgan fingerprint density at radius 2 is 1.81 bits per heavy atom. The molecule has 2 aliphatic rings. The molecule has 3 heterocycles. The second-order valence-corrected chi connectivity index (χ2v) is 8.51. The van der Waals surface area contributed by atoms with Crippen LogP contribution in [0.2, 0.25) is 0 Å². The van der Waals surface area contributed by atoms with Gasteiger partial charge in [-0.05, 0) is 36.4 Å². The minimum atomic E-state index is -0.652. The van der Waals surface area contributed by atoms with Crippen LogP contribution in [0.4, 0.5) is 10.1 Å². The molecule has 164 valence electrons. The van der Waals surface area contributed by atoms with E-state index in [2.05, 4.69) is 0 Å². The zero-order valence-corrected chi connectivity index (χ0v) is 17.9. The average molecular weight is 446 g/mol. The van der Waals surface area contributed by atoms with Crippen molar-refractivity contribution in [3.8, 4) is 0 Å². The smallest absolute Gasteiger partial charge is 0.329 e. The molecule has 4 rings (SSSR count). The molecule has 1 atom stereocenters. The second-order valence-electron chi connectivity index (χ2n) is 7.56. The highest BCUT2D eigenvalue weighted by Crippen LogP contribution is 2.23. The van der Waals surface area contributed by atoms with Crippen LogP contribution in [0.15, 0.2) is 41.8 Å². The molecule has 2 aromatic rings. The molecule has 9 heteroatoms. The van der Waals surface area contributed by atoms with Crippen LogP contribution < -0.4 is 4.90 Å². The number of carbonyl (C=O) groups is 3. The van der Waals surface area contributed by atoms with E-state index in [1.807, 2.05) is 10.3 Å². The van der Waals surface area contributed by atoms with E-state index in [1.165, 1.54) is 22.3 Å². The largest absolute Gasteiger partial charge is 0.454 e. The first kappa shape index (κ1) is 21.3. The van der Waals surface area contributed by atoms with Crippen LogP contribution >= 0.6 is 11.3 Å². The molecule has 1 aromatic carbocycles. The summed E-state index contributed by atoms with van der Waals surface area (Å²) in [6.45, 7) is 2.02. The van der Waals surface area contributed by atoms with Gasteiger partial charge in [0.1, 0.15) is 11.9 Å². The fourth-order valence-electron chi connectivity index (χ4n) is 4.02. The summed E-state index contributed by atoms with van der Waals surface area (Å²) in [6.07, 6.45) is 1.26. The summed E-state index contributed by atoms with van der Waals surface area (Å²) in [4.78, 5) is 43.3. The van der Waals surface area contributed by atoms with E-state index in [4.69, 9.17) is 4.74 Å². The molecule has 2 saturated heterocycles. The molecule has 2 amide bonds. The van der Waals surface area contributed by atoms with E-state index >= 15 is 0 Å². The van der Waals surface area contributed by atoms with Gasteiger partial charge in [-0.3, -0.25) is 9.59 Å². The van der Waals surface area contributed by atoms with Gasteiger partial charge in [0.15, 0.2) is 6.61 Å². The van der Waals surface area contributed by atoms with Crippen molar-refractivity contribution in [2.45, 2.75) is 18.9 Å². The molecule has 2 fully saturated rings. The van der Waals surface area contributed by atoms with Gasteiger partial charge in [-0.25, -0.2) is 9.18 Å². The van der Waals surface area contributed by atoms with Gasteiger partial charge in [0.05, 0.1) is 10.6 Å². The van der Waals surface area contributed by atoms with Crippen molar-refractivity contribution in [2.24, 2.45) is 0 Å². The van der Waals surface area contributed by atoms with Gasteiger partial charge in [-0.15, -0.1) is 11.3 Å². The van der Waals surface area contributed by atoms with Crippen molar-refractivity contribution in [3.05, 3.63) is 52.5 Å². The number of para-hydroxylation sites is 1. The molecule has 0 radical (unpaired) electrons. The molecule has 0 spiro atoms. The highest BCUT2D eigenvalue weighted by atomic mass is 32.1. The van der Waals surface area contributed by atoms with Crippen LogP contribution in [0, 0.1) is 5.82 Å². The normalized spacial score (nSPS) is 18.9. The van der Waals surface area contributed by atoms with Gasteiger partial charge in [0.25, 0.3) is 11.8 Å². The van der Waals surface area contributed by atoms with Crippen molar-refractivity contribution < 1.29 is 23.5 Å². The minimum Gasteiger partial charge on any atom is -0.454 e. The van der Waals surface area contributed by atoms with E-state index in [1.54, 1.807) is 35.2 Å². The number of thiophene rings is 1. The van der Waals surface area contributed by atoms with E-state index in [9.17, 15) is 18.8 Å². The van der Waals surface area contributed by atoms with Crippen molar-refractivity contribution >= 4 is 34.8 Å². The van der Waals surface area contributed by atoms with Crippen molar-refractivity contribution in [1.82, 2.24) is 9.80 Å². The molecule has 0 bridgehead atoms. The predicted octanol–water partition coefficient (Wildman–Crippen LogP) is 2.38. The molecule has 31 heavy (non-hydrogen) atoms. The lowest BCUT2D eigenvalue weighted by Crippen LogP contribution is -2.50. The van der Waals surface area contributed by atoms with Gasteiger partial charge < -0.3 is 19.4 Å². The number of anilines is 1. The summed E-state index contributed by atoms with van der Waals surface area (Å²) in [5, 5.41) is 1.82. The molecule has 7 nitrogen and oxygen atoms in total. The number of esters is 1. The Balaban J connectivity index is 1.26. The minimum absolute atomic E-state index is 0.176. The standard InChI is InChI=1S/C22H24FN3O4S/c23-16-5-1-2-6-17(16)24-10-12-25(13-11-24)20(27)15-30-22(29)18-7-3-9-26(18)21(28)19-8-4-14-31-19/h1-2,4-6,8,14,18H,3,7,9-13,15H2/t18-/m0/s1. The Morgan fingerprint density at radius 1 is 1.03 bits per heavy atom. The fraction of sp³-hybridized carbons (Fsp3) is 0.409. The van der Waals surface area contributed by atoms with Crippen molar-refractivity contribution in [2.75, 3.05) is 44.2 Å². The highest BCUT2D eigenvalue weighted by Gasteiger charge is 2.36. The number of amides is 2. The van der Waals surface area contributed by atoms with Crippen LogP contribution in [0.5, 0.6) is 0 Å². The van der Waals surface area contributed by atoms with Gasteiger partial charge in [0, 0.05) is 32.7 Å². The third kappa shape index (κ3) is 4.71. The third-order valence-electron chi connectivity index (χ3n) is 5.68. The molecular formula is C22H24FN3O4S. The van der Waals surface area contributed by atoms with Crippen LogP contribution in [-0.4, -0.2) is 73.0 Å². The Hall–Kier alpha value is -2.94. The van der Waals surface area contributed by atoms with Gasteiger partial charge in [0.2, 0.25) is 0 Å². The number of rotatable bonds is 5. The first-order chi connectivity index (χ1) is 15.0. The highest BCUT2D eigenvalue weighted by molar-refractivity contribution is 7.12. The zero-order valence-electron chi connectivity index (χ0n) is 17.0. The lowest BCUT2D eigenvalue weighted by Gasteiger charge is -2.36. The van der Waals surface area contributed by atoms with Gasteiger partial charge in [-0.2, -0.15) is 0 Å². The third-order valence-corrected chi connectivity index (χ3v) is 6.54. The number of nitrogens with zero attached hydrogens (tertiary/aromatic N) is 3. The summed E-state index contributed by atoms with van der Waals surface area (Å²) in [7, 11) is 0. The Kier molecular flexibility index (Phi) is 6.50. The Morgan fingerprint density at radius 3 is 2.52 bits per heavy atom. The van der Waals surface area contributed by atoms with E-state index in [0.717, 1.165) is 6.42 Å². The zero-order chi connectivity index (χ0) is 21.8.